The van der Waals surface area contributed by atoms with Crippen LogP contribution >= 0.6 is 11.8 Å². The molecule has 6 nitrogen and oxygen atoms in total. The van der Waals surface area contributed by atoms with Crippen molar-refractivity contribution in [1.82, 2.24) is 10.2 Å². The largest absolute Gasteiger partial charge is 0.496 e. The highest BCUT2D eigenvalue weighted by atomic mass is 32.2. The van der Waals surface area contributed by atoms with Crippen LogP contribution in [-0.2, 0) is 10.9 Å². The molecule has 2 aliphatic heterocycles. The molecule has 3 unspecified atom stereocenters. The minimum Gasteiger partial charge on any atom is -0.496 e. The molecule has 1 aromatic carbocycles. The standard InChI is InChI=1S/C20H27F3N2O4S/c1-28-16-8-12(20(21,22)23)9-17(30-2)18(16)19(27)24-14-11-29-7-5-15(14)25-6-3-4-13(26)10-25/h8-9,13-15,26H,3-7,10-11H2,1-2H3,(H,24,27). The Morgan fingerprint density at radius 3 is 2.77 bits per heavy atom. The lowest BCUT2D eigenvalue weighted by atomic mass is 9.97. The number of carbonyl (C=O) groups excluding carboxylic acids is 1. The van der Waals surface area contributed by atoms with E-state index in [1.165, 1.54) is 7.11 Å². The third kappa shape index (κ3) is 5.22. The van der Waals surface area contributed by atoms with E-state index in [2.05, 4.69) is 10.2 Å². The van der Waals surface area contributed by atoms with Gasteiger partial charge in [0.1, 0.15) is 5.75 Å². The van der Waals surface area contributed by atoms with E-state index in [1.807, 2.05) is 0 Å². The van der Waals surface area contributed by atoms with Gasteiger partial charge in [-0.1, -0.05) is 0 Å². The fourth-order valence-electron chi connectivity index (χ4n) is 4.13. The first kappa shape index (κ1) is 23.2. The molecule has 30 heavy (non-hydrogen) atoms. The van der Waals surface area contributed by atoms with Gasteiger partial charge in [-0.15, -0.1) is 11.8 Å². The van der Waals surface area contributed by atoms with Crippen LogP contribution < -0.4 is 10.1 Å². The van der Waals surface area contributed by atoms with Crippen LogP contribution in [-0.4, -0.2) is 73.8 Å². The number of aliphatic hydroxyl groups excluding tert-OH is 1. The van der Waals surface area contributed by atoms with Gasteiger partial charge >= 0.3 is 6.18 Å². The number of β-amino-alcohol motifs (C(OH)–C–C–N with tert-alkyl or cyclic N) is 1. The Labute approximate surface area is 178 Å². The second-order valence-corrected chi connectivity index (χ2v) is 8.40. The van der Waals surface area contributed by atoms with Crippen LogP contribution in [0, 0.1) is 0 Å². The number of methoxy groups -OCH3 is 1. The highest BCUT2D eigenvalue weighted by molar-refractivity contribution is 7.98. The molecule has 0 radical (unpaired) electrons. The van der Waals surface area contributed by atoms with Crippen LogP contribution in [0.15, 0.2) is 17.0 Å². The Morgan fingerprint density at radius 2 is 2.13 bits per heavy atom. The molecule has 2 aliphatic rings. The molecule has 2 saturated heterocycles. The number of nitrogens with zero attached hydrogens (tertiary/aromatic N) is 1. The molecular formula is C20H27F3N2O4S. The topological polar surface area (TPSA) is 71.0 Å². The SMILES string of the molecule is COc1cc(C(F)(F)F)cc(SC)c1C(=O)NC1COCCC1N1CCCC(O)C1. The van der Waals surface area contributed by atoms with E-state index < -0.39 is 23.8 Å². The van der Waals surface area contributed by atoms with Crippen molar-refractivity contribution < 1.29 is 32.5 Å². The highest BCUT2D eigenvalue weighted by Crippen LogP contribution is 2.38. The van der Waals surface area contributed by atoms with Crippen molar-refractivity contribution in [2.24, 2.45) is 0 Å². The number of thioether (sulfide) groups is 1. The summed E-state index contributed by atoms with van der Waals surface area (Å²) in [5, 5.41) is 13.0. The van der Waals surface area contributed by atoms with Crippen molar-refractivity contribution in [2.75, 3.05) is 39.7 Å². The number of benzene rings is 1. The lowest BCUT2D eigenvalue weighted by Crippen LogP contribution is -2.59. The van der Waals surface area contributed by atoms with Crippen molar-refractivity contribution >= 4 is 17.7 Å². The third-order valence-corrected chi connectivity index (χ3v) is 6.36. The van der Waals surface area contributed by atoms with Crippen molar-refractivity contribution in [1.29, 1.82) is 0 Å². The van der Waals surface area contributed by atoms with Gasteiger partial charge in [0.2, 0.25) is 0 Å². The number of aliphatic hydroxyl groups is 1. The first-order valence-electron chi connectivity index (χ1n) is 9.88. The number of amides is 1. The predicted octanol–water partition coefficient (Wildman–Crippen LogP) is 2.78. The Kier molecular flexibility index (Phi) is 7.54. The summed E-state index contributed by atoms with van der Waals surface area (Å²) >= 11 is 1.06. The minimum atomic E-state index is -4.54. The van der Waals surface area contributed by atoms with Crippen LogP contribution in [0.2, 0.25) is 0 Å². The van der Waals surface area contributed by atoms with Crippen molar-refractivity contribution in [3.8, 4) is 5.75 Å². The monoisotopic (exact) mass is 448 g/mol. The summed E-state index contributed by atoms with van der Waals surface area (Å²) in [5.41, 5.74) is -0.776. The number of piperidine rings is 1. The molecule has 1 aromatic rings. The Morgan fingerprint density at radius 1 is 1.37 bits per heavy atom. The number of hydrogen-bond acceptors (Lipinski definition) is 6. The quantitative estimate of drug-likeness (QED) is 0.675. The molecule has 2 fully saturated rings. The number of carbonyl (C=O) groups is 1. The predicted molar refractivity (Wildman–Crippen MR) is 107 cm³/mol. The van der Waals surface area contributed by atoms with Gasteiger partial charge in [0.15, 0.2) is 0 Å². The van der Waals surface area contributed by atoms with Gasteiger partial charge < -0.3 is 19.9 Å². The first-order valence-corrected chi connectivity index (χ1v) is 11.1. The van der Waals surface area contributed by atoms with E-state index in [1.54, 1.807) is 6.26 Å². The average Bonchev–Trinajstić information content (AvgIpc) is 2.72. The van der Waals surface area contributed by atoms with Gasteiger partial charge in [-0.05, 0) is 44.2 Å². The average molecular weight is 449 g/mol. The molecule has 3 atom stereocenters. The van der Waals surface area contributed by atoms with Gasteiger partial charge in [0, 0.05) is 24.1 Å². The molecule has 0 spiro atoms. The minimum absolute atomic E-state index is 0.00387. The summed E-state index contributed by atoms with van der Waals surface area (Å²) in [5.74, 6) is -0.615. The van der Waals surface area contributed by atoms with E-state index in [0.29, 0.717) is 26.2 Å². The number of likely N-dealkylation sites (tertiary alicyclic amines) is 1. The molecule has 2 heterocycles. The maximum absolute atomic E-state index is 13.2. The molecular weight excluding hydrogens is 421 g/mol. The Balaban J connectivity index is 1.84. The van der Waals surface area contributed by atoms with Crippen molar-refractivity contribution in [3.05, 3.63) is 23.3 Å². The molecule has 3 rings (SSSR count). The lowest BCUT2D eigenvalue weighted by Gasteiger charge is -2.43. The van der Waals surface area contributed by atoms with Gasteiger partial charge in [-0.25, -0.2) is 0 Å². The van der Waals surface area contributed by atoms with E-state index >= 15 is 0 Å². The fourth-order valence-corrected chi connectivity index (χ4v) is 4.77. The third-order valence-electron chi connectivity index (χ3n) is 5.59. The number of alkyl halides is 3. The zero-order valence-corrected chi connectivity index (χ0v) is 17.8. The zero-order chi connectivity index (χ0) is 21.9. The molecule has 0 aliphatic carbocycles. The molecule has 2 N–H and O–H groups in total. The van der Waals surface area contributed by atoms with Crippen LogP contribution in [0.1, 0.15) is 35.2 Å². The van der Waals surface area contributed by atoms with Gasteiger partial charge in [0.05, 0.1) is 37.0 Å². The van der Waals surface area contributed by atoms with Crippen molar-refractivity contribution in [2.45, 2.75) is 48.5 Å². The zero-order valence-electron chi connectivity index (χ0n) is 17.0. The number of halogens is 3. The summed E-state index contributed by atoms with van der Waals surface area (Å²) in [6.45, 7) is 2.23. The first-order chi connectivity index (χ1) is 14.2. The fraction of sp³-hybridized carbons (Fsp3) is 0.650. The Hall–Kier alpha value is -1.49. The van der Waals surface area contributed by atoms with Crippen LogP contribution in [0.25, 0.3) is 0 Å². The van der Waals surface area contributed by atoms with E-state index in [0.717, 1.165) is 43.3 Å². The number of hydrogen-bond donors (Lipinski definition) is 2. The number of ether oxygens (including phenoxy) is 2. The Bertz CT molecular complexity index is 737. The summed E-state index contributed by atoms with van der Waals surface area (Å²) in [6, 6.07) is 1.48. The van der Waals surface area contributed by atoms with E-state index in [4.69, 9.17) is 9.47 Å². The maximum Gasteiger partial charge on any atom is 0.416 e. The normalized spacial score (nSPS) is 25.7. The molecule has 10 heteroatoms. The summed E-state index contributed by atoms with van der Waals surface area (Å²) < 4.78 is 50.3. The second kappa shape index (κ2) is 9.76. The molecule has 1 amide bonds. The molecule has 168 valence electrons. The molecule has 0 aromatic heterocycles. The lowest BCUT2D eigenvalue weighted by molar-refractivity contribution is -0.137. The number of nitrogens with one attached hydrogen (secondary N) is 1. The summed E-state index contributed by atoms with van der Waals surface area (Å²) in [6.07, 6.45) is -0.968. The van der Waals surface area contributed by atoms with Crippen LogP contribution in [0.3, 0.4) is 0 Å². The molecule has 0 saturated carbocycles. The van der Waals surface area contributed by atoms with Gasteiger partial charge in [-0.2, -0.15) is 13.2 Å². The number of rotatable bonds is 5. The van der Waals surface area contributed by atoms with Crippen molar-refractivity contribution in [3.63, 3.8) is 0 Å². The summed E-state index contributed by atoms with van der Waals surface area (Å²) in [7, 11) is 1.25. The van der Waals surface area contributed by atoms with Crippen LogP contribution in [0.4, 0.5) is 13.2 Å². The molecule has 0 bridgehead atoms. The summed E-state index contributed by atoms with van der Waals surface area (Å²) in [4.78, 5) is 15.5. The van der Waals surface area contributed by atoms with Gasteiger partial charge in [-0.3, -0.25) is 9.69 Å². The van der Waals surface area contributed by atoms with Crippen LogP contribution in [0.5, 0.6) is 5.75 Å². The van der Waals surface area contributed by atoms with Gasteiger partial charge in [0.25, 0.3) is 5.91 Å². The van der Waals surface area contributed by atoms with E-state index in [-0.39, 0.29) is 28.3 Å². The second-order valence-electron chi connectivity index (χ2n) is 7.56. The van der Waals surface area contributed by atoms with E-state index in [9.17, 15) is 23.1 Å². The maximum atomic E-state index is 13.2. The highest BCUT2D eigenvalue weighted by Gasteiger charge is 2.36. The smallest absolute Gasteiger partial charge is 0.416 e.